The second-order valence-corrected chi connectivity index (χ2v) is 4.66. The first-order chi connectivity index (χ1) is 7.26. The van der Waals surface area contributed by atoms with Crippen LogP contribution in [0.4, 0.5) is 0 Å². The van der Waals surface area contributed by atoms with Crippen LogP contribution in [0.25, 0.3) is 0 Å². The first-order valence-corrected chi connectivity index (χ1v) is 6.07. The van der Waals surface area contributed by atoms with Gasteiger partial charge in [0.05, 0.1) is 0 Å². The normalized spacial score (nSPS) is 18.8. The molecule has 0 aromatic carbocycles. The fourth-order valence-electron chi connectivity index (χ4n) is 2.06. The Bertz CT molecular complexity index is 312. The van der Waals surface area contributed by atoms with Crippen molar-refractivity contribution < 1.29 is 0 Å². The van der Waals surface area contributed by atoms with Gasteiger partial charge >= 0.3 is 0 Å². The van der Waals surface area contributed by atoms with Gasteiger partial charge in [0.25, 0.3) is 0 Å². The Hall–Kier alpha value is -0.540. The number of rotatable bonds is 5. The van der Waals surface area contributed by atoms with Crippen molar-refractivity contribution >= 4 is 11.6 Å². The summed E-state index contributed by atoms with van der Waals surface area (Å²) in [7, 11) is 1.98. The van der Waals surface area contributed by atoms with Crippen LogP contribution in [0.3, 0.4) is 0 Å². The van der Waals surface area contributed by atoms with Crippen LogP contribution in [0, 0.1) is 0 Å². The third kappa shape index (κ3) is 2.34. The van der Waals surface area contributed by atoms with Gasteiger partial charge in [-0.2, -0.15) is 5.10 Å². The SMILES string of the molecule is Cn1nccc1CCNC1(CCl)CCC1. The highest BCUT2D eigenvalue weighted by molar-refractivity contribution is 6.18. The number of hydrogen-bond acceptors (Lipinski definition) is 2. The standard InChI is InChI=1S/C11H18ClN3/c1-15-10(4-8-14-15)3-7-13-11(9-12)5-2-6-11/h4,8,13H,2-3,5-7,9H2,1H3. The fourth-order valence-corrected chi connectivity index (χ4v) is 2.43. The van der Waals surface area contributed by atoms with Gasteiger partial charge in [-0.3, -0.25) is 4.68 Å². The Morgan fingerprint density at radius 2 is 2.40 bits per heavy atom. The average molecular weight is 228 g/mol. The molecule has 15 heavy (non-hydrogen) atoms. The molecule has 1 aliphatic carbocycles. The van der Waals surface area contributed by atoms with Crippen molar-refractivity contribution in [2.45, 2.75) is 31.2 Å². The molecule has 2 rings (SSSR count). The summed E-state index contributed by atoms with van der Waals surface area (Å²) < 4.78 is 1.93. The summed E-state index contributed by atoms with van der Waals surface area (Å²) in [5, 5.41) is 7.72. The summed E-state index contributed by atoms with van der Waals surface area (Å²) in [5.41, 5.74) is 1.51. The Kier molecular flexibility index (Phi) is 3.32. The van der Waals surface area contributed by atoms with E-state index in [0.29, 0.717) is 0 Å². The minimum absolute atomic E-state index is 0.236. The Morgan fingerprint density at radius 1 is 1.60 bits per heavy atom. The van der Waals surface area contributed by atoms with Crippen LogP contribution in [-0.4, -0.2) is 27.7 Å². The first-order valence-electron chi connectivity index (χ1n) is 5.54. The van der Waals surface area contributed by atoms with E-state index in [-0.39, 0.29) is 5.54 Å². The topological polar surface area (TPSA) is 29.9 Å². The molecule has 0 amide bonds. The average Bonchev–Trinajstić information content (AvgIpc) is 2.57. The molecule has 0 spiro atoms. The molecule has 84 valence electrons. The molecule has 1 aliphatic rings. The first kappa shape index (κ1) is 11.0. The van der Waals surface area contributed by atoms with E-state index in [4.69, 9.17) is 11.6 Å². The highest BCUT2D eigenvalue weighted by Crippen LogP contribution is 2.32. The van der Waals surface area contributed by atoms with Gasteiger partial charge in [0.15, 0.2) is 0 Å². The predicted octanol–water partition coefficient (Wildman–Crippen LogP) is 1.71. The zero-order valence-electron chi connectivity index (χ0n) is 9.17. The van der Waals surface area contributed by atoms with Crippen LogP contribution in [0.5, 0.6) is 0 Å². The van der Waals surface area contributed by atoms with E-state index in [1.54, 1.807) is 0 Å². The molecular weight excluding hydrogens is 210 g/mol. The number of nitrogens with zero attached hydrogens (tertiary/aromatic N) is 2. The van der Waals surface area contributed by atoms with E-state index in [0.717, 1.165) is 18.8 Å². The quantitative estimate of drug-likeness (QED) is 0.777. The monoisotopic (exact) mass is 227 g/mol. The van der Waals surface area contributed by atoms with Gasteiger partial charge in [0.2, 0.25) is 0 Å². The lowest BCUT2D eigenvalue weighted by atomic mass is 9.78. The van der Waals surface area contributed by atoms with Gasteiger partial charge in [-0.05, 0) is 25.3 Å². The Labute approximate surface area is 95.8 Å². The Balaban J connectivity index is 1.77. The van der Waals surface area contributed by atoms with Crippen molar-refractivity contribution in [1.29, 1.82) is 0 Å². The van der Waals surface area contributed by atoms with Crippen molar-refractivity contribution in [2.75, 3.05) is 12.4 Å². The van der Waals surface area contributed by atoms with Crippen molar-refractivity contribution in [3.05, 3.63) is 18.0 Å². The fraction of sp³-hybridized carbons (Fsp3) is 0.727. The molecule has 0 saturated heterocycles. The molecule has 0 aliphatic heterocycles. The summed E-state index contributed by atoms with van der Waals surface area (Å²) >= 11 is 5.97. The van der Waals surface area contributed by atoms with Gasteiger partial charge in [-0.1, -0.05) is 0 Å². The molecule has 3 nitrogen and oxygen atoms in total. The van der Waals surface area contributed by atoms with Gasteiger partial charge in [-0.25, -0.2) is 0 Å². The summed E-state index contributed by atoms with van der Waals surface area (Å²) in [5.74, 6) is 0.735. The highest BCUT2D eigenvalue weighted by atomic mass is 35.5. The van der Waals surface area contributed by atoms with E-state index in [1.165, 1.54) is 25.0 Å². The van der Waals surface area contributed by atoms with Crippen LogP contribution < -0.4 is 5.32 Å². The third-order valence-corrected chi connectivity index (χ3v) is 3.88. The van der Waals surface area contributed by atoms with Crippen LogP contribution >= 0.6 is 11.6 Å². The molecule has 1 saturated carbocycles. The van der Waals surface area contributed by atoms with Crippen molar-refractivity contribution in [2.24, 2.45) is 7.05 Å². The third-order valence-electron chi connectivity index (χ3n) is 3.37. The molecule has 4 heteroatoms. The molecule has 1 aromatic heterocycles. The van der Waals surface area contributed by atoms with E-state index in [9.17, 15) is 0 Å². The van der Waals surface area contributed by atoms with Crippen LogP contribution in [-0.2, 0) is 13.5 Å². The summed E-state index contributed by atoms with van der Waals surface area (Å²) in [6.07, 6.45) is 6.63. The number of aryl methyl sites for hydroxylation is 1. The van der Waals surface area contributed by atoms with Crippen molar-refractivity contribution in [3.63, 3.8) is 0 Å². The zero-order chi connectivity index (χ0) is 10.7. The molecule has 1 aromatic rings. The van der Waals surface area contributed by atoms with Crippen molar-refractivity contribution in [3.8, 4) is 0 Å². The smallest absolute Gasteiger partial charge is 0.0492 e. The number of nitrogens with one attached hydrogen (secondary N) is 1. The lowest BCUT2D eigenvalue weighted by Gasteiger charge is -2.41. The molecular formula is C11H18ClN3. The van der Waals surface area contributed by atoms with E-state index >= 15 is 0 Å². The molecule has 0 radical (unpaired) electrons. The number of hydrogen-bond donors (Lipinski definition) is 1. The zero-order valence-corrected chi connectivity index (χ0v) is 9.93. The largest absolute Gasteiger partial charge is 0.310 e. The maximum atomic E-state index is 5.97. The maximum Gasteiger partial charge on any atom is 0.0492 e. The van der Waals surface area contributed by atoms with E-state index in [2.05, 4.69) is 16.5 Å². The summed E-state index contributed by atoms with van der Waals surface area (Å²) in [6.45, 7) is 0.992. The summed E-state index contributed by atoms with van der Waals surface area (Å²) in [4.78, 5) is 0. The maximum absolute atomic E-state index is 5.97. The van der Waals surface area contributed by atoms with Crippen LogP contribution in [0.1, 0.15) is 25.0 Å². The highest BCUT2D eigenvalue weighted by Gasteiger charge is 2.35. The van der Waals surface area contributed by atoms with Gasteiger partial charge in [0, 0.05) is 43.3 Å². The van der Waals surface area contributed by atoms with E-state index < -0.39 is 0 Å². The number of alkyl halides is 1. The lowest BCUT2D eigenvalue weighted by Crippen LogP contribution is -2.53. The second-order valence-electron chi connectivity index (χ2n) is 4.39. The number of aromatic nitrogens is 2. The predicted molar refractivity (Wildman–Crippen MR) is 62.2 cm³/mol. The van der Waals surface area contributed by atoms with Crippen LogP contribution in [0.2, 0.25) is 0 Å². The van der Waals surface area contributed by atoms with Gasteiger partial charge in [-0.15, -0.1) is 11.6 Å². The molecule has 1 heterocycles. The van der Waals surface area contributed by atoms with Gasteiger partial charge < -0.3 is 5.32 Å². The number of halogens is 1. The van der Waals surface area contributed by atoms with Crippen molar-refractivity contribution in [1.82, 2.24) is 15.1 Å². The minimum Gasteiger partial charge on any atom is -0.310 e. The molecule has 0 unspecified atom stereocenters. The lowest BCUT2D eigenvalue weighted by molar-refractivity contribution is 0.214. The molecule has 0 bridgehead atoms. The molecule has 1 N–H and O–H groups in total. The second kappa shape index (κ2) is 4.54. The van der Waals surface area contributed by atoms with Gasteiger partial charge in [0.1, 0.15) is 0 Å². The van der Waals surface area contributed by atoms with Crippen LogP contribution in [0.15, 0.2) is 12.3 Å². The van der Waals surface area contributed by atoms with E-state index in [1.807, 2.05) is 17.9 Å². The molecule has 0 atom stereocenters. The Morgan fingerprint density at radius 3 is 2.87 bits per heavy atom. The molecule has 1 fully saturated rings. The minimum atomic E-state index is 0.236. The summed E-state index contributed by atoms with van der Waals surface area (Å²) in [6, 6.07) is 2.07.